The Morgan fingerprint density at radius 2 is 2.16 bits per heavy atom. The molecule has 1 N–H and O–H groups in total. The van der Waals surface area contributed by atoms with Gasteiger partial charge in [0.1, 0.15) is 0 Å². The molecule has 0 saturated heterocycles. The molecule has 0 amide bonds. The molecule has 0 aliphatic heterocycles. The van der Waals surface area contributed by atoms with Crippen molar-refractivity contribution in [2.24, 2.45) is 5.92 Å². The Kier molecular flexibility index (Phi) is 4.77. The number of rotatable bonds is 5. The molecule has 1 unspecified atom stereocenters. The molecule has 0 bridgehead atoms. The van der Waals surface area contributed by atoms with Crippen molar-refractivity contribution in [2.45, 2.75) is 19.8 Å². The van der Waals surface area contributed by atoms with Gasteiger partial charge in [0.25, 0.3) is 0 Å². The third kappa shape index (κ3) is 4.18. The lowest BCUT2D eigenvalue weighted by atomic mass is 9.95. The molecule has 0 spiro atoms. The van der Waals surface area contributed by atoms with Gasteiger partial charge >= 0.3 is 5.97 Å². The molecule has 2 aromatic rings. The van der Waals surface area contributed by atoms with E-state index >= 15 is 0 Å². The molecule has 2 nitrogen and oxygen atoms in total. The van der Waals surface area contributed by atoms with Crippen molar-refractivity contribution in [1.29, 1.82) is 0 Å². The summed E-state index contributed by atoms with van der Waals surface area (Å²) < 4.78 is 1.02. The lowest BCUT2D eigenvalue weighted by molar-refractivity contribution is -0.141. The van der Waals surface area contributed by atoms with Crippen LogP contribution in [0.15, 0.2) is 40.2 Å². The second-order valence-corrected chi connectivity index (χ2v) is 6.58. The van der Waals surface area contributed by atoms with Crippen molar-refractivity contribution in [1.82, 2.24) is 0 Å². The van der Waals surface area contributed by atoms with E-state index in [0.717, 1.165) is 14.9 Å². The number of carbonyl (C=O) groups is 1. The Balaban J connectivity index is 2.10. The number of aryl methyl sites for hydroxylation is 1. The summed E-state index contributed by atoms with van der Waals surface area (Å²) in [7, 11) is 0. The van der Waals surface area contributed by atoms with Crippen LogP contribution in [0.1, 0.15) is 16.0 Å². The summed E-state index contributed by atoms with van der Waals surface area (Å²) in [6.45, 7) is 2.02. The van der Waals surface area contributed by atoms with Crippen LogP contribution in [0, 0.1) is 12.8 Å². The first-order valence-electron chi connectivity index (χ1n) is 6.06. The number of carboxylic acids is 1. The van der Waals surface area contributed by atoms with Gasteiger partial charge in [-0.25, -0.2) is 0 Å². The predicted molar refractivity (Wildman–Crippen MR) is 81.7 cm³/mol. The normalized spacial score (nSPS) is 12.3. The van der Waals surface area contributed by atoms with E-state index in [0.29, 0.717) is 12.8 Å². The molecule has 1 atom stereocenters. The molecule has 19 heavy (non-hydrogen) atoms. The highest BCUT2D eigenvalue weighted by molar-refractivity contribution is 9.10. The smallest absolute Gasteiger partial charge is 0.307 e. The van der Waals surface area contributed by atoms with Gasteiger partial charge in [0.15, 0.2) is 0 Å². The monoisotopic (exact) mass is 338 g/mol. The van der Waals surface area contributed by atoms with E-state index in [2.05, 4.69) is 22.0 Å². The largest absolute Gasteiger partial charge is 0.481 e. The zero-order valence-electron chi connectivity index (χ0n) is 10.6. The van der Waals surface area contributed by atoms with Crippen LogP contribution in [0.5, 0.6) is 0 Å². The number of aliphatic carboxylic acids is 1. The van der Waals surface area contributed by atoms with Gasteiger partial charge in [-0.1, -0.05) is 29.8 Å². The van der Waals surface area contributed by atoms with Crippen LogP contribution in [0.25, 0.3) is 0 Å². The molecule has 0 radical (unpaired) electrons. The van der Waals surface area contributed by atoms with Crippen LogP contribution in [-0.4, -0.2) is 11.1 Å². The van der Waals surface area contributed by atoms with Crippen molar-refractivity contribution in [3.8, 4) is 0 Å². The highest BCUT2D eigenvalue weighted by atomic mass is 79.9. The van der Waals surface area contributed by atoms with Gasteiger partial charge in [-0.05, 0) is 47.3 Å². The van der Waals surface area contributed by atoms with Crippen LogP contribution in [-0.2, 0) is 17.6 Å². The maximum Gasteiger partial charge on any atom is 0.307 e. The number of carboxylic acid groups (broad SMARTS) is 1. The van der Waals surface area contributed by atoms with Crippen LogP contribution >= 0.6 is 27.3 Å². The van der Waals surface area contributed by atoms with Crippen molar-refractivity contribution < 1.29 is 9.90 Å². The minimum atomic E-state index is -0.731. The third-order valence-electron chi connectivity index (χ3n) is 2.98. The van der Waals surface area contributed by atoms with Crippen LogP contribution < -0.4 is 0 Å². The van der Waals surface area contributed by atoms with Crippen molar-refractivity contribution >= 4 is 33.2 Å². The topological polar surface area (TPSA) is 37.3 Å². The summed E-state index contributed by atoms with van der Waals surface area (Å²) in [5, 5.41) is 11.4. The number of benzene rings is 1. The van der Waals surface area contributed by atoms with Gasteiger partial charge < -0.3 is 5.11 Å². The van der Waals surface area contributed by atoms with Crippen LogP contribution in [0.2, 0.25) is 0 Å². The summed E-state index contributed by atoms with van der Waals surface area (Å²) in [5.41, 5.74) is 2.25. The molecule has 4 heteroatoms. The lowest BCUT2D eigenvalue weighted by Gasteiger charge is -2.11. The Morgan fingerprint density at radius 1 is 1.37 bits per heavy atom. The molecule has 1 aromatic heterocycles. The maximum absolute atomic E-state index is 11.4. The van der Waals surface area contributed by atoms with Gasteiger partial charge in [0.05, 0.1) is 5.92 Å². The molecule has 2 rings (SSSR count). The predicted octanol–water partition coefficient (Wildman–Crippen LogP) is 4.31. The fraction of sp³-hybridized carbons (Fsp3) is 0.267. The summed E-state index contributed by atoms with van der Waals surface area (Å²) >= 11 is 5.00. The lowest BCUT2D eigenvalue weighted by Crippen LogP contribution is -2.18. The van der Waals surface area contributed by atoms with Crippen LogP contribution in [0.3, 0.4) is 0 Å². The Labute approximate surface area is 125 Å². The molecule has 0 aliphatic rings. The first kappa shape index (κ1) is 14.3. The maximum atomic E-state index is 11.4. The first-order valence-corrected chi connectivity index (χ1v) is 7.73. The molecule has 1 aromatic carbocycles. The Morgan fingerprint density at radius 3 is 2.74 bits per heavy atom. The fourth-order valence-corrected chi connectivity index (χ4v) is 3.61. The highest BCUT2D eigenvalue weighted by Gasteiger charge is 2.19. The summed E-state index contributed by atoms with van der Waals surface area (Å²) in [4.78, 5) is 12.5. The Bertz CT molecular complexity index is 577. The minimum absolute atomic E-state index is 0.368. The standard InChI is InChI=1S/C15H15BrO2S/c1-10-3-2-4-11(5-10)6-12(15(17)18)7-14-8-13(16)9-19-14/h2-5,8-9,12H,6-7H2,1H3,(H,17,18). The molecule has 0 saturated carbocycles. The first-order chi connectivity index (χ1) is 9.04. The van der Waals surface area contributed by atoms with Crippen molar-refractivity contribution in [3.05, 3.63) is 56.2 Å². The van der Waals surface area contributed by atoms with Crippen LogP contribution in [0.4, 0.5) is 0 Å². The second kappa shape index (κ2) is 6.35. The quantitative estimate of drug-likeness (QED) is 0.882. The summed E-state index contributed by atoms with van der Waals surface area (Å²) in [6, 6.07) is 10.0. The summed E-state index contributed by atoms with van der Waals surface area (Å²) in [5.74, 6) is -1.10. The van der Waals surface area contributed by atoms with Gasteiger partial charge in [-0.2, -0.15) is 0 Å². The molecule has 0 aliphatic carbocycles. The average Bonchev–Trinajstić information content (AvgIpc) is 2.74. The van der Waals surface area contributed by atoms with E-state index in [4.69, 9.17) is 0 Å². The Hall–Kier alpha value is -1.13. The molecule has 1 heterocycles. The molecule has 100 valence electrons. The fourth-order valence-electron chi connectivity index (χ4n) is 2.07. The van der Waals surface area contributed by atoms with Crippen molar-refractivity contribution in [3.63, 3.8) is 0 Å². The molecular formula is C15H15BrO2S. The zero-order valence-corrected chi connectivity index (χ0v) is 13.0. The molecular weight excluding hydrogens is 324 g/mol. The average molecular weight is 339 g/mol. The van der Waals surface area contributed by atoms with Gasteiger partial charge in [0, 0.05) is 14.7 Å². The third-order valence-corrected chi connectivity index (χ3v) is 4.70. The van der Waals surface area contributed by atoms with E-state index in [-0.39, 0.29) is 5.92 Å². The van der Waals surface area contributed by atoms with Crippen molar-refractivity contribution in [2.75, 3.05) is 0 Å². The number of hydrogen-bond donors (Lipinski definition) is 1. The second-order valence-electron chi connectivity index (χ2n) is 4.66. The molecule has 0 fully saturated rings. The van der Waals surface area contributed by atoms with E-state index in [9.17, 15) is 9.90 Å². The number of thiophene rings is 1. The van der Waals surface area contributed by atoms with E-state index in [1.165, 1.54) is 5.56 Å². The zero-order chi connectivity index (χ0) is 13.8. The van der Waals surface area contributed by atoms with E-state index in [1.807, 2.05) is 36.6 Å². The highest BCUT2D eigenvalue weighted by Crippen LogP contribution is 2.24. The number of halogens is 1. The van der Waals surface area contributed by atoms with E-state index in [1.54, 1.807) is 11.3 Å². The van der Waals surface area contributed by atoms with Gasteiger partial charge in [-0.15, -0.1) is 11.3 Å². The van der Waals surface area contributed by atoms with E-state index < -0.39 is 5.97 Å². The minimum Gasteiger partial charge on any atom is -0.481 e. The SMILES string of the molecule is Cc1cccc(CC(Cc2cc(Br)cs2)C(=O)O)c1. The number of hydrogen-bond acceptors (Lipinski definition) is 2. The summed E-state index contributed by atoms with van der Waals surface area (Å²) in [6.07, 6.45) is 1.16. The van der Waals surface area contributed by atoms with Gasteiger partial charge in [0.2, 0.25) is 0 Å². The van der Waals surface area contributed by atoms with Gasteiger partial charge in [-0.3, -0.25) is 4.79 Å².